The van der Waals surface area contributed by atoms with E-state index in [-0.39, 0.29) is 16.7 Å². The summed E-state index contributed by atoms with van der Waals surface area (Å²) in [4.78, 5) is 12.3. The third-order valence-electron chi connectivity index (χ3n) is 3.60. The summed E-state index contributed by atoms with van der Waals surface area (Å²) in [6.07, 6.45) is 2.49. The van der Waals surface area contributed by atoms with Gasteiger partial charge >= 0.3 is 0 Å². The maximum absolute atomic E-state index is 12.3. The molecule has 0 aliphatic carbocycles. The number of amides is 1. The first kappa shape index (κ1) is 17.8. The zero-order chi connectivity index (χ0) is 17.0. The summed E-state index contributed by atoms with van der Waals surface area (Å²) in [5, 5.41) is 12.1. The molecular formula is C16H21ClN4OS. The van der Waals surface area contributed by atoms with Crippen LogP contribution in [0.25, 0.3) is 5.69 Å². The normalized spacial score (nSPS) is 12.9. The molecule has 1 aromatic carbocycles. The molecule has 23 heavy (non-hydrogen) atoms. The molecule has 7 heteroatoms. The van der Waals surface area contributed by atoms with Crippen molar-refractivity contribution in [3.8, 4) is 5.69 Å². The van der Waals surface area contributed by atoms with Crippen molar-refractivity contribution in [1.82, 2.24) is 20.1 Å². The molecule has 0 saturated carbocycles. The van der Waals surface area contributed by atoms with Crippen LogP contribution in [0.15, 0.2) is 35.7 Å². The second kappa shape index (κ2) is 7.36. The maximum atomic E-state index is 12.3. The first-order chi connectivity index (χ1) is 10.8. The zero-order valence-corrected chi connectivity index (χ0v) is 15.3. The lowest BCUT2D eigenvalue weighted by Gasteiger charge is -2.26. The quantitative estimate of drug-likeness (QED) is 0.805. The third kappa shape index (κ3) is 4.72. The topological polar surface area (TPSA) is 59.8 Å². The molecular weight excluding hydrogens is 332 g/mol. The number of benzene rings is 1. The van der Waals surface area contributed by atoms with Gasteiger partial charge in [0.25, 0.3) is 0 Å². The first-order valence-corrected chi connectivity index (χ1v) is 8.73. The van der Waals surface area contributed by atoms with Gasteiger partial charge in [0.1, 0.15) is 6.33 Å². The maximum Gasteiger partial charge on any atom is 0.233 e. The molecule has 0 radical (unpaired) electrons. The SMILES string of the molecule is CCC(C)(C)NC(=O)C(C)Sc1nncn1-c1cccc(Cl)c1. The van der Waals surface area contributed by atoms with Gasteiger partial charge in [-0.3, -0.25) is 9.36 Å². The summed E-state index contributed by atoms with van der Waals surface area (Å²) in [6, 6.07) is 7.43. The number of nitrogens with one attached hydrogen (secondary N) is 1. The molecule has 1 amide bonds. The lowest BCUT2D eigenvalue weighted by molar-refractivity contribution is -0.121. The van der Waals surface area contributed by atoms with Crippen LogP contribution >= 0.6 is 23.4 Å². The van der Waals surface area contributed by atoms with Gasteiger partial charge < -0.3 is 5.32 Å². The number of hydrogen-bond donors (Lipinski definition) is 1. The van der Waals surface area contributed by atoms with Crippen molar-refractivity contribution in [1.29, 1.82) is 0 Å². The van der Waals surface area contributed by atoms with E-state index in [0.29, 0.717) is 10.2 Å². The Labute approximate surface area is 145 Å². The van der Waals surface area contributed by atoms with E-state index in [4.69, 9.17) is 11.6 Å². The molecule has 0 aliphatic heterocycles. The van der Waals surface area contributed by atoms with Crippen molar-refractivity contribution >= 4 is 29.3 Å². The number of nitrogens with zero attached hydrogens (tertiary/aromatic N) is 3. The Kier molecular flexibility index (Phi) is 5.70. The zero-order valence-electron chi connectivity index (χ0n) is 13.7. The molecule has 1 aromatic heterocycles. The van der Waals surface area contributed by atoms with Crippen molar-refractivity contribution < 1.29 is 4.79 Å². The Morgan fingerprint density at radius 2 is 2.22 bits per heavy atom. The molecule has 1 N–H and O–H groups in total. The van der Waals surface area contributed by atoms with E-state index >= 15 is 0 Å². The summed E-state index contributed by atoms with van der Waals surface area (Å²) in [5.74, 6) is -0.0116. The van der Waals surface area contributed by atoms with Crippen molar-refractivity contribution in [2.24, 2.45) is 0 Å². The molecule has 1 unspecified atom stereocenters. The molecule has 0 spiro atoms. The molecule has 2 aromatic rings. The van der Waals surface area contributed by atoms with Gasteiger partial charge in [-0.1, -0.05) is 36.4 Å². The van der Waals surface area contributed by atoms with Crippen molar-refractivity contribution in [3.05, 3.63) is 35.6 Å². The number of carbonyl (C=O) groups excluding carboxylic acids is 1. The van der Waals surface area contributed by atoms with Crippen LogP contribution in [0, 0.1) is 0 Å². The summed E-state index contributed by atoms with van der Waals surface area (Å²) in [5.41, 5.74) is 0.651. The van der Waals surface area contributed by atoms with E-state index in [1.807, 2.05) is 56.5 Å². The predicted molar refractivity (Wildman–Crippen MR) is 94.2 cm³/mol. The average Bonchev–Trinajstić information content (AvgIpc) is 2.95. The number of carbonyl (C=O) groups is 1. The molecule has 1 atom stereocenters. The second-order valence-corrected chi connectivity index (χ2v) is 7.69. The third-order valence-corrected chi connectivity index (χ3v) is 4.89. The predicted octanol–water partition coefficient (Wildman–Crippen LogP) is 3.71. The fraction of sp³-hybridized carbons (Fsp3) is 0.438. The smallest absolute Gasteiger partial charge is 0.233 e. The van der Waals surface area contributed by atoms with Crippen LogP contribution in [-0.2, 0) is 4.79 Å². The minimum Gasteiger partial charge on any atom is -0.350 e. The summed E-state index contributed by atoms with van der Waals surface area (Å²) < 4.78 is 1.82. The van der Waals surface area contributed by atoms with Gasteiger partial charge in [0.05, 0.1) is 10.9 Å². The van der Waals surface area contributed by atoms with Gasteiger partial charge in [0, 0.05) is 10.6 Å². The fourth-order valence-corrected chi connectivity index (χ4v) is 2.87. The molecule has 0 saturated heterocycles. The van der Waals surface area contributed by atoms with E-state index in [2.05, 4.69) is 15.5 Å². The highest BCUT2D eigenvalue weighted by Gasteiger charge is 2.24. The minimum absolute atomic E-state index is 0.0116. The highest BCUT2D eigenvalue weighted by molar-refractivity contribution is 8.00. The van der Waals surface area contributed by atoms with Crippen molar-refractivity contribution in [2.75, 3.05) is 0 Å². The van der Waals surface area contributed by atoms with Crippen LogP contribution in [0.2, 0.25) is 5.02 Å². The number of halogens is 1. The standard InChI is InChI=1S/C16H21ClN4OS/c1-5-16(3,4)19-14(22)11(2)23-15-20-18-10-21(15)13-8-6-7-12(17)9-13/h6-11H,5H2,1-4H3,(H,19,22). The van der Waals surface area contributed by atoms with E-state index < -0.39 is 0 Å². The van der Waals surface area contributed by atoms with Crippen LogP contribution in [0.1, 0.15) is 34.1 Å². The molecule has 124 valence electrons. The van der Waals surface area contributed by atoms with Gasteiger partial charge in [-0.05, 0) is 45.4 Å². The van der Waals surface area contributed by atoms with E-state index in [9.17, 15) is 4.79 Å². The van der Waals surface area contributed by atoms with Gasteiger partial charge in [-0.15, -0.1) is 10.2 Å². The van der Waals surface area contributed by atoms with Gasteiger partial charge in [0.2, 0.25) is 5.91 Å². The van der Waals surface area contributed by atoms with Crippen LogP contribution in [-0.4, -0.2) is 31.5 Å². The minimum atomic E-state index is -0.275. The highest BCUT2D eigenvalue weighted by atomic mass is 35.5. The van der Waals surface area contributed by atoms with Crippen LogP contribution in [0.3, 0.4) is 0 Å². The van der Waals surface area contributed by atoms with E-state index in [1.165, 1.54) is 11.8 Å². The Balaban J connectivity index is 2.12. The van der Waals surface area contributed by atoms with Crippen LogP contribution < -0.4 is 5.32 Å². The molecule has 1 heterocycles. The van der Waals surface area contributed by atoms with Crippen LogP contribution in [0.4, 0.5) is 0 Å². The van der Waals surface area contributed by atoms with E-state index in [1.54, 1.807) is 6.33 Å². The lowest BCUT2D eigenvalue weighted by atomic mass is 10.0. The van der Waals surface area contributed by atoms with Gasteiger partial charge in [0.15, 0.2) is 5.16 Å². The second-order valence-electron chi connectivity index (χ2n) is 5.95. The summed E-state index contributed by atoms with van der Waals surface area (Å²) in [6.45, 7) is 7.93. The number of thioether (sulfide) groups is 1. The monoisotopic (exact) mass is 352 g/mol. The molecule has 0 fully saturated rings. The fourth-order valence-electron chi connectivity index (χ4n) is 1.84. The Morgan fingerprint density at radius 1 is 1.48 bits per heavy atom. The van der Waals surface area contributed by atoms with Crippen molar-refractivity contribution in [3.63, 3.8) is 0 Å². The lowest BCUT2D eigenvalue weighted by Crippen LogP contribution is -2.46. The Bertz CT molecular complexity index is 686. The summed E-state index contributed by atoms with van der Waals surface area (Å²) >= 11 is 7.40. The number of rotatable bonds is 6. The highest BCUT2D eigenvalue weighted by Crippen LogP contribution is 2.25. The molecule has 2 rings (SSSR count). The molecule has 5 nitrogen and oxygen atoms in total. The average molecular weight is 353 g/mol. The van der Waals surface area contributed by atoms with Gasteiger partial charge in [-0.25, -0.2) is 0 Å². The number of hydrogen-bond acceptors (Lipinski definition) is 4. The Hall–Kier alpha value is -1.53. The Morgan fingerprint density at radius 3 is 2.87 bits per heavy atom. The first-order valence-electron chi connectivity index (χ1n) is 7.47. The van der Waals surface area contributed by atoms with E-state index in [0.717, 1.165) is 12.1 Å². The largest absolute Gasteiger partial charge is 0.350 e. The van der Waals surface area contributed by atoms with Crippen molar-refractivity contribution in [2.45, 2.75) is 50.1 Å². The van der Waals surface area contributed by atoms with Gasteiger partial charge in [-0.2, -0.15) is 0 Å². The number of aromatic nitrogens is 3. The molecule has 0 bridgehead atoms. The summed E-state index contributed by atoms with van der Waals surface area (Å²) in [7, 11) is 0. The van der Waals surface area contributed by atoms with Crippen LogP contribution in [0.5, 0.6) is 0 Å². The molecule has 0 aliphatic rings.